The molecular formula is C15H14Br2O2. The summed E-state index contributed by atoms with van der Waals surface area (Å²) < 4.78 is 7.09. The van der Waals surface area contributed by atoms with E-state index >= 15 is 0 Å². The smallest absolute Gasteiger partial charge is 0.121 e. The van der Waals surface area contributed by atoms with Gasteiger partial charge in [0.2, 0.25) is 0 Å². The Balaban J connectivity index is 2.38. The molecule has 2 nitrogen and oxygen atoms in total. The highest BCUT2D eigenvalue weighted by Gasteiger charge is 2.13. The van der Waals surface area contributed by atoms with Crippen LogP contribution in [0, 0.1) is 6.92 Å². The van der Waals surface area contributed by atoms with Crippen LogP contribution in [-0.2, 0) is 0 Å². The molecule has 1 unspecified atom stereocenters. The maximum atomic E-state index is 10.4. The monoisotopic (exact) mass is 384 g/mol. The topological polar surface area (TPSA) is 29.5 Å². The molecule has 0 saturated heterocycles. The lowest BCUT2D eigenvalue weighted by atomic mass is 10.00. The Hall–Kier alpha value is -0.840. The molecule has 0 fully saturated rings. The fraction of sp³-hybridized carbons (Fsp3) is 0.200. The maximum absolute atomic E-state index is 10.4. The molecule has 0 aliphatic rings. The molecule has 0 radical (unpaired) electrons. The summed E-state index contributed by atoms with van der Waals surface area (Å²) in [6.45, 7) is 1.96. The van der Waals surface area contributed by atoms with Crippen LogP contribution in [0.5, 0.6) is 5.75 Å². The van der Waals surface area contributed by atoms with E-state index in [2.05, 4.69) is 31.9 Å². The molecule has 1 N–H and O–H groups in total. The number of benzene rings is 2. The second-order valence-electron chi connectivity index (χ2n) is 4.33. The van der Waals surface area contributed by atoms with Gasteiger partial charge in [-0.15, -0.1) is 0 Å². The van der Waals surface area contributed by atoms with Crippen molar-refractivity contribution >= 4 is 31.9 Å². The first-order valence-corrected chi connectivity index (χ1v) is 7.38. The Morgan fingerprint density at radius 2 is 1.63 bits per heavy atom. The van der Waals surface area contributed by atoms with E-state index in [1.54, 1.807) is 7.11 Å². The second kappa shape index (κ2) is 6.07. The quantitative estimate of drug-likeness (QED) is 0.835. The van der Waals surface area contributed by atoms with Crippen LogP contribution in [0.4, 0.5) is 0 Å². The predicted molar refractivity (Wildman–Crippen MR) is 83.6 cm³/mol. The van der Waals surface area contributed by atoms with Gasteiger partial charge in [-0.25, -0.2) is 0 Å². The summed E-state index contributed by atoms with van der Waals surface area (Å²) in [5, 5.41) is 10.4. The number of aryl methyl sites for hydroxylation is 1. The summed E-state index contributed by atoms with van der Waals surface area (Å²) >= 11 is 6.86. The van der Waals surface area contributed by atoms with Gasteiger partial charge in [0.15, 0.2) is 0 Å². The maximum Gasteiger partial charge on any atom is 0.121 e. The lowest BCUT2D eigenvalue weighted by molar-refractivity contribution is 0.220. The van der Waals surface area contributed by atoms with Gasteiger partial charge >= 0.3 is 0 Å². The van der Waals surface area contributed by atoms with E-state index in [9.17, 15) is 5.11 Å². The lowest BCUT2D eigenvalue weighted by Crippen LogP contribution is -2.01. The Morgan fingerprint density at radius 1 is 1.00 bits per heavy atom. The minimum Gasteiger partial charge on any atom is -0.496 e. The Labute approximate surface area is 129 Å². The highest BCUT2D eigenvalue weighted by molar-refractivity contribution is 9.11. The molecule has 19 heavy (non-hydrogen) atoms. The predicted octanol–water partition coefficient (Wildman–Crippen LogP) is 4.61. The van der Waals surface area contributed by atoms with Crippen LogP contribution in [0.25, 0.3) is 0 Å². The van der Waals surface area contributed by atoms with Crippen LogP contribution < -0.4 is 4.74 Å². The molecule has 2 rings (SSSR count). The molecule has 0 saturated carbocycles. The van der Waals surface area contributed by atoms with Gasteiger partial charge in [0.25, 0.3) is 0 Å². The van der Waals surface area contributed by atoms with Gasteiger partial charge in [0, 0.05) is 8.95 Å². The van der Waals surface area contributed by atoms with E-state index in [0.717, 1.165) is 31.4 Å². The van der Waals surface area contributed by atoms with Crippen LogP contribution in [0.2, 0.25) is 0 Å². The molecule has 0 aliphatic carbocycles. The van der Waals surface area contributed by atoms with Crippen molar-refractivity contribution in [3.63, 3.8) is 0 Å². The zero-order chi connectivity index (χ0) is 14.0. The summed E-state index contributed by atoms with van der Waals surface area (Å²) in [6.07, 6.45) is -0.654. The van der Waals surface area contributed by atoms with Crippen LogP contribution in [-0.4, -0.2) is 12.2 Å². The van der Waals surface area contributed by atoms with Gasteiger partial charge in [-0.05, 0) is 53.9 Å². The summed E-state index contributed by atoms with van der Waals surface area (Å²) in [7, 11) is 1.64. The third-order valence-corrected chi connectivity index (χ3v) is 3.85. The molecule has 1 atom stereocenters. The van der Waals surface area contributed by atoms with Gasteiger partial charge in [0.05, 0.1) is 7.11 Å². The summed E-state index contributed by atoms with van der Waals surface area (Å²) in [4.78, 5) is 0. The van der Waals surface area contributed by atoms with E-state index < -0.39 is 6.10 Å². The summed E-state index contributed by atoms with van der Waals surface area (Å²) in [5.41, 5.74) is 2.70. The first-order valence-electron chi connectivity index (χ1n) is 5.80. The fourth-order valence-electron chi connectivity index (χ4n) is 2.00. The molecule has 0 heterocycles. The second-order valence-corrected chi connectivity index (χ2v) is 6.17. The van der Waals surface area contributed by atoms with Crippen molar-refractivity contribution < 1.29 is 9.84 Å². The minimum atomic E-state index is -0.654. The molecule has 0 aliphatic heterocycles. The molecule has 2 aromatic rings. The number of methoxy groups -OCH3 is 1. The minimum absolute atomic E-state index is 0.654. The number of aliphatic hydroxyl groups excluding tert-OH is 1. The SMILES string of the molecule is COc1ccc(C(O)c2cc(Br)cc(Br)c2)cc1C. The van der Waals surface area contributed by atoms with E-state index in [1.165, 1.54) is 0 Å². The van der Waals surface area contributed by atoms with Crippen molar-refractivity contribution in [1.82, 2.24) is 0 Å². The van der Waals surface area contributed by atoms with E-state index in [4.69, 9.17) is 4.74 Å². The number of halogens is 2. The lowest BCUT2D eigenvalue weighted by Gasteiger charge is -2.14. The largest absolute Gasteiger partial charge is 0.496 e. The third kappa shape index (κ3) is 3.38. The van der Waals surface area contributed by atoms with Crippen LogP contribution >= 0.6 is 31.9 Å². The Morgan fingerprint density at radius 3 is 2.16 bits per heavy atom. The average Bonchev–Trinajstić information content (AvgIpc) is 2.36. The van der Waals surface area contributed by atoms with Gasteiger partial charge in [-0.1, -0.05) is 37.9 Å². The first kappa shape index (κ1) is 14.6. The summed E-state index contributed by atoms with van der Waals surface area (Å²) in [6, 6.07) is 11.5. The van der Waals surface area contributed by atoms with E-state index in [-0.39, 0.29) is 0 Å². The van der Waals surface area contributed by atoms with Crippen molar-refractivity contribution in [3.05, 3.63) is 62.0 Å². The zero-order valence-electron chi connectivity index (χ0n) is 10.7. The normalized spacial score (nSPS) is 12.3. The van der Waals surface area contributed by atoms with Crippen LogP contribution in [0.1, 0.15) is 22.8 Å². The highest BCUT2D eigenvalue weighted by Crippen LogP contribution is 2.30. The number of hydrogen-bond acceptors (Lipinski definition) is 2. The van der Waals surface area contributed by atoms with Crippen molar-refractivity contribution in [2.45, 2.75) is 13.0 Å². The zero-order valence-corrected chi connectivity index (χ0v) is 13.8. The van der Waals surface area contributed by atoms with Crippen molar-refractivity contribution in [1.29, 1.82) is 0 Å². The molecule has 2 aromatic carbocycles. The average molecular weight is 386 g/mol. The van der Waals surface area contributed by atoms with Crippen molar-refractivity contribution in [3.8, 4) is 5.75 Å². The molecule has 0 aromatic heterocycles. The number of rotatable bonds is 3. The third-order valence-electron chi connectivity index (χ3n) is 2.94. The van der Waals surface area contributed by atoms with Crippen molar-refractivity contribution in [2.24, 2.45) is 0 Å². The van der Waals surface area contributed by atoms with Crippen LogP contribution in [0.3, 0.4) is 0 Å². The standard InChI is InChI=1S/C15H14Br2O2/c1-9-5-10(3-4-14(9)19-2)15(18)11-6-12(16)8-13(17)7-11/h3-8,15,18H,1-2H3. The van der Waals surface area contributed by atoms with Gasteiger partial charge in [-0.3, -0.25) is 0 Å². The fourth-order valence-corrected chi connectivity index (χ4v) is 3.33. The molecule has 0 spiro atoms. The van der Waals surface area contributed by atoms with E-state index in [1.807, 2.05) is 43.3 Å². The Kier molecular flexibility index (Phi) is 4.66. The molecular weight excluding hydrogens is 372 g/mol. The first-order chi connectivity index (χ1) is 9.01. The number of ether oxygens (including phenoxy) is 1. The molecule has 0 bridgehead atoms. The molecule has 4 heteroatoms. The summed E-state index contributed by atoms with van der Waals surface area (Å²) in [5.74, 6) is 0.825. The van der Waals surface area contributed by atoms with E-state index in [0.29, 0.717) is 0 Å². The molecule has 0 amide bonds. The van der Waals surface area contributed by atoms with Crippen molar-refractivity contribution in [2.75, 3.05) is 7.11 Å². The number of hydrogen-bond donors (Lipinski definition) is 1. The Bertz CT molecular complexity index is 576. The van der Waals surface area contributed by atoms with Crippen LogP contribution in [0.15, 0.2) is 45.3 Å². The molecule has 100 valence electrons. The van der Waals surface area contributed by atoms with Gasteiger partial charge in [0.1, 0.15) is 11.9 Å². The highest BCUT2D eigenvalue weighted by atomic mass is 79.9. The van der Waals surface area contributed by atoms with Gasteiger partial charge < -0.3 is 9.84 Å². The van der Waals surface area contributed by atoms with Gasteiger partial charge in [-0.2, -0.15) is 0 Å². The number of aliphatic hydroxyl groups is 1.